The van der Waals surface area contributed by atoms with Crippen molar-refractivity contribution in [1.82, 2.24) is 0 Å². The maximum Gasteiger partial charge on any atom is 0.306 e. The molecule has 5 nitrogen and oxygen atoms in total. The van der Waals surface area contributed by atoms with Gasteiger partial charge in [0.1, 0.15) is 5.75 Å². The minimum Gasteiger partial charge on any atom is -0.494 e. The summed E-state index contributed by atoms with van der Waals surface area (Å²) in [6.07, 6.45) is -0.191. The van der Waals surface area contributed by atoms with Crippen LogP contribution < -0.4 is 10.1 Å². The first-order valence-corrected chi connectivity index (χ1v) is 9.25. The smallest absolute Gasteiger partial charge is 0.306 e. The monoisotopic (exact) mass is 419 g/mol. The minimum atomic E-state index is -0.867. The number of anilines is 1. The third-order valence-electron chi connectivity index (χ3n) is 3.66. The Bertz CT molecular complexity index is 746. The number of carbonyl (C=O) groups is 2. The molecule has 2 aromatic carbocycles. The molecule has 1 amide bonds. The second-order valence-electron chi connectivity index (χ2n) is 5.67. The standard InChI is InChI=1S/C20H22BrNO4/c1-3-25-18-7-5-4-6-15(18)8-13-19(23)26-14(2)20(24)22-17-11-9-16(21)10-12-17/h4-7,9-12,14H,3,8,13H2,1-2H3,(H,22,24)/t14-/m1/s1. The summed E-state index contributed by atoms with van der Waals surface area (Å²) < 4.78 is 11.7. The summed E-state index contributed by atoms with van der Waals surface area (Å²) in [5.74, 6) is -0.0195. The van der Waals surface area contributed by atoms with Gasteiger partial charge in [0.25, 0.3) is 5.91 Å². The van der Waals surface area contributed by atoms with E-state index >= 15 is 0 Å². The van der Waals surface area contributed by atoms with Gasteiger partial charge in [0.15, 0.2) is 6.10 Å². The van der Waals surface area contributed by atoms with Crippen LogP contribution in [0.3, 0.4) is 0 Å². The largest absolute Gasteiger partial charge is 0.494 e. The highest BCUT2D eigenvalue weighted by Crippen LogP contribution is 2.20. The van der Waals surface area contributed by atoms with Crippen molar-refractivity contribution in [2.45, 2.75) is 32.8 Å². The number of ether oxygens (including phenoxy) is 2. The van der Waals surface area contributed by atoms with Crippen molar-refractivity contribution in [3.8, 4) is 5.75 Å². The lowest BCUT2D eigenvalue weighted by Gasteiger charge is -2.14. The molecule has 0 unspecified atom stereocenters. The number of amides is 1. The van der Waals surface area contributed by atoms with Crippen molar-refractivity contribution in [2.24, 2.45) is 0 Å². The van der Waals surface area contributed by atoms with Crippen molar-refractivity contribution >= 4 is 33.5 Å². The number of esters is 1. The van der Waals surface area contributed by atoms with Gasteiger partial charge >= 0.3 is 5.97 Å². The van der Waals surface area contributed by atoms with E-state index in [4.69, 9.17) is 9.47 Å². The predicted octanol–water partition coefficient (Wildman–Crippen LogP) is 4.35. The summed E-state index contributed by atoms with van der Waals surface area (Å²) in [5.41, 5.74) is 1.59. The van der Waals surface area contributed by atoms with Crippen LogP contribution in [-0.4, -0.2) is 24.6 Å². The van der Waals surface area contributed by atoms with Gasteiger partial charge in [0.05, 0.1) is 6.61 Å². The lowest BCUT2D eigenvalue weighted by molar-refractivity contribution is -0.153. The van der Waals surface area contributed by atoms with E-state index in [2.05, 4.69) is 21.2 Å². The fraction of sp³-hybridized carbons (Fsp3) is 0.300. The van der Waals surface area contributed by atoms with Gasteiger partial charge < -0.3 is 14.8 Å². The first kappa shape index (κ1) is 20.0. The third-order valence-corrected chi connectivity index (χ3v) is 4.19. The zero-order valence-electron chi connectivity index (χ0n) is 14.8. The van der Waals surface area contributed by atoms with Crippen molar-refractivity contribution in [1.29, 1.82) is 0 Å². The molecule has 2 rings (SSSR count). The number of carbonyl (C=O) groups excluding carboxylic acids is 2. The van der Waals surface area contributed by atoms with Crippen LogP contribution in [0, 0.1) is 0 Å². The number of para-hydroxylation sites is 1. The first-order valence-electron chi connectivity index (χ1n) is 8.46. The average molecular weight is 420 g/mol. The zero-order chi connectivity index (χ0) is 18.9. The van der Waals surface area contributed by atoms with Gasteiger partial charge in [0.2, 0.25) is 0 Å². The highest BCUT2D eigenvalue weighted by atomic mass is 79.9. The number of hydrogen-bond donors (Lipinski definition) is 1. The molecule has 0 saturated heterocycles. The van der Waals surface area contributed by atoms with Crippen molar-refractivity contribution in [3.63, 3.8) is 0 Å². The summed E-state index contributed by atoms with van der Waals surface area (Å²) in [6, 6.07) is 14.8. The number of aryl methyl sites for hydroxylation is 1. The Morgan fingerprint density at radius 1 is 1.12 bits per heavy atom. The Morgan fingerprint density at radius 2 is 1.81 bits per heavy atom. The van der Waals surface area contributed by atoms with Gasteiger partial charge in [-0.25, -0.2) is 0 Å². The quantitative estimate of drug-likeness (QED) is 0.645. The van der Waals surface area contributed by atoms with Crippen LogP contribution in [0.1, 0.15) is 25.8 Å². The molecule has 1 atom stereocenters. The Labute approximate surface area is 161 Å². The molecule has 0 aromatic heterocycles. The Morgan fingerprint density at radius 3 is 2.50 bits per heavy atom. The third kappa shape index (κ3) is 6.19. The van der Waals surface area contributed by atoms with Crippen molar-refractivity contribution < 1.29 is 19.1 Å². The summed E-state index contributed by atoms with van der Waals surface area (Å²) in [4.78, 5) is 24.2. The van der Waals surface area contributed by atoms with Gasteiger partial charge in [-0.1, -0.05) is 34.1 Å². The average Bonchev–Trinajstić information content (AvgIpc) is 2.63. The summed E-state index contributed by atoms with van der Waals surface area (Å²) in [5, 5.41) is 2.72. The second kappa shape index (κ2) is 9.97. The molecular formula is C20H22BrNO4. The molecular weight excluding hydrogens is 398 g/mol. The van der Waals surface area contributed by atoms with Gasteiger partial charge in [-0.15, -0.1) is 0 Å². The number of hydrogen-bond acceptors (Lipinski definition) is 4. The maximum absolute atomic E-state index is 12.1. The van der Waals surface area contributed by atoms with Gasteiger partial charge in [-0.2, -0.15) is 0 Å². The number of rotatable bonds is 8. The highest BCUT2D eigenvalue weighted by Gasteiger charge is 2.18. The Hall–Kier alpha value is -2.34. The van der Waals surface area contributed by atoms with Crippen LogP contribution in [-0.2, 0) is 20.7 Å². The van der Waals surface area contributed by atoms with Crippen LogP contribution in [0.25, 0.3) is 0 Å². The van der Waals surface area contributed by atoms with Gasteiger partial charge in [-0.05, 0) is 56.2 Å². The molecule has 0 saturated carbocycles. The SMILES string of the molecule is CCOc1ccccc1CCC(=O)O[C@H](C)C(=O)Nc1ccc(Br)cc1. The van der Waals surface area contributed by atoms with E-state index in [1.807, 2.05) is 43.3 Å². The van der Waals surface area contributed by atoms with Crippen molar-refractivity contribution in [3.05, 3.63) is 58.6 Å². The number of halogens is 1. The molecule has 138 valence electrons. The van der Waals surface area contributed by atoms with Crippen LogP contribution in [0.4, 0.5) is 5.69 Å². The molecule has 26 heavy (non-hydrogen) atoms. The van der Waals surface area contributed by atoms with Crippen LogP contribution in [0.5, 0.6) is 5.75 Å². The lowest BCUT2D eigenvalue weighted by Crippen LogP contribution is -2.30. The van der Waals surface area contributed by atoms with Crippen LogP contribution >= 0.6 is 15.9 Å². The van der Waals surface area contributed by atoms with E-state index < -0.39 is 12.1 Å². The normalized spacial score (nSPS) is 11.5. The fourth-order valence-electron chi connectivity index (χ4n) is 2.33. The van der Waals surface area contributed by atoms with Gasteiger partial charge in [0, 0.05) is 16.6 Å². The topological polar surface area (TPSA) is 64.6 Å². The second-order valence-corrected chi connectivity index (χ2v) is 6.58. The molecule has 0 spiro atoms. The highest BCUT2D eigenvalue weighted by molar-refractivity contribution is 9.10. The Kier molecular flexibility index (Phi) is 7.66. The summed E-state index contributed by atoms with van der Waals surface area (Å²) >= 11 is 3.33. The molecule has 0 aliphatic heterocycles. The predicted molar refractivity (Wildman–Crippen MR) is 104 cm³/mol. The molecule has 1 N–H and O–H groups in total. The van der Waals surface area contributed by atoms with Crippen LogP contribution in [0.2, 0.25) is 0 Å². The Balaban J connectivity index is 1.83. The van der Waals surface area contributed by atoms with E-state index in [1.54, 1.807) is 19.1 Å². The van der Waals surface area contributed by atoms with E-state index in [9.17, 15) is 9.59 Å². The number of nitrogens with one attached hydrogen (secondary N) is 1. The molecule has 0 aliphatic rings. The van der Waals surface area contributed by atoms with Crippen molar-refractivity contribution in [2.75, 3.05) is 11.9 Å². The van der Waals surface area contributed by atoms with E-state index in [-0.39, 0.29) is 12.3 Å². The van der Waals surface area contributed by atoms with E-state index in [0.29, 0.717) is 18.7 Å². The fourth-order valence-corrected chi connectivity index (χ4v) is 2.59. The lowest BCUT2D eigenvalue weighted by atomic mass is 10.1. The summed E-state index contributed by atoms with van der Waals surface area (Å²) in [6.45, 7) is 4.03. The molecule has 0 fully saturated rings. The molecule has 2 aromatic rings. The first-order chi connectivity index (χ1) is 12.5. The molecule has 0 radical (unpaired) electrons. The summed E-state index contributed by atoms with van der Waals surface area (Å²) in [7, 11) is 0. The van der Waals surface area contributed by atoms with Crippen LogP contribution in [0.15, 0.2) is 53.0 Å². The molecule has 6 heteroatoms. The molecule has 0 aliphatic carbocycles. The molecule has 0 heterocycles. The van der Waals surface area contributed by atoms with E-state index in [0.717, 1.165) is 15.8 Å². The van der Waals surface area contributed by atoms with E-state index in [1.165, 1.54) is 0 Å². The zero-order valence-corrected chi connectivity index (χ0v) is 16.4. The van der Waals surface area contributed by atoms with Gasteiger partial charge in [-0.3, -0.25) is 9.59 Å². The molecule has 0 bridgehead atoms. The maximum atomic E-state index is 12.1. The number of benzene rings is 2. The minimum absolute atomic E-state index is 0.181.